The van der Waals surface area contributed by atoms with Gasteiger partial charge in [0.1, 0.15) is 0 Å². The summed E-state index contributed by atoms with van der Waals surface area (Å²) >= 11 is 0. The lowest BCUT2D eigenvalue weighted by Crippen LogP contribution is -2.27. The van der Waals surface area contributed by atoms with E-state index in [-0.39, 0.29) is 13.1 Å². The number of aliphatic hydroxyl groups excluding tert-OH is 1. The Morgan fingerprint density at radius 1 is 1.21 bits per heavy atom. The van der Waals surface area contributed by atoms with Crippen LogP contribution in [-0.2, 0) is 13.6 Å². The maximum absolute atomic E-state index is 10.4. The highest BCUT2D eigenvalue weighted by atomic mass is 31.1. The predicted molar refractivity (Wildman–Crippen MR) is 54.3 cm³/mol. The van der Waals surface area contributed by atoms with Crippen LogP contribution >= 0.6 is 8.25 Å². The molecule has 1 aliphatic rings. The third-order valence-electron chi connectivity index (χ3n) is 1.52. The number of nitrogens with two attached hydrogens (primary N) is 2. The molecule has 0 aromatic carbocycles. The molecule has 6 nitrogen and oxygen atoms in total. The molecule has 5 N–H and O–H groups in total. The Bertz CT molecular complexity index is 145. The van der Waals surface area contributed by atoms with E-state index in [1.807, 2.05) is 0 Å². The van der Waals surface area contributed by atoms with Crippen molar-refractivity contribution in [2.24, 2.45) is 11.5 Å². The molecule has 0 amide bonds. The number of rotatable bonds is 2. The molecule has 7 heteroatoms. The quantitative estimate of drug-likeness (QED) is 0.546. The Hall–Kier alpha value is 0.0300. The lowest BCUT2D eigenvalue weighted by atomic mass is 10.3. The number of hydrogen-bond acceptors (Lipinski definition) is 6. The predicted octanol–water partition coefficient (Wildman–Crippen LogP) is -0.532. The van der Waals surface area contributed by atoms with E-state index < -0.39 is 14.4 Å². The molecule has 0 radical (unpaired) electrons. The monoisotopic (exact) mass is 226 g/mol. The van der Waals surface area contributed by atoms with Gasteiger partial charge >= 0.3 is 8.25 Å². The Kier molecular flexibility index (Phi) is 9.60. The van der Waals surface area contributed by atoms with Gasteiger partial charge < -0.3 is 25.6 Å². The molecular formula is C7H19N2O4P. The zero-order valence-electron chi connectivity index (χ0n) is 8.15. The van der Waals surface area contributed by atoms with Crippen LogP contribution in [0.25, 0.3) is 0 Å². The van der Waals surface area contributed by atoms with Crippen molar-refractivity contribution in [3.63, 3.8) is 0 Å². The molecule has 1 heterocycles. The standard InChI is InChI=1S/C4H9O3P.C3H10N2O/c5-8-6-3-1-2-4-7-8;4-1-3(6)2-5/h8H,1-4H2;3,6H,1-2,4-5H2. The minimum Gasteiger partial charge on any atom is -0.390 e. The molecule has 14 heavy (non-hydrogen) atoms. The summed E-state index contributed by atoms with van der Waals surface area (Å²) in [5, 5.41) is 8.42. The normalized spacial score (nSPS) is 18.6. The van der Waals surface area contributed by atoms with Crippen LogP contribution in [0.15, 0.2) is 0 Å². The maximum Gasteiger partial charge on any atom is 0.319 e. The summed E-state index contributed by atoms with van der Waals surface area (Å²) in [5.41, 5.74) is 9.91. The van der Waals surface area contributed by atoms with Crippen LogP contribution in [-0.4, -0.2) is 37.5 Å². The molecule has 0 aliphatic carbocycles. The van der Waals surface area contributed by atoms with Gasteiger partial charge in [-0.2, -0.15) is 0 Å². The summed E-state index contributed by atoms with van der Waals surface area (Å²) < 4.78 is 19.9. The van der Waals surface area contributed by atoms with Gasteiger partial charge in [-0.05, 0) is 12.8 Å². The van der Waals surface area contributed by atoms with Gasteiger partial charge in [-0.1, -0.05) is 0 Å². The van der Waals surface area contributed by atoms with Gasteiger partial charge in [0.05, 0.1) is 19.3 Å². The van der Waals surface area contributed by atoms with Crippen molar-refractivity contribution < 1.29 is 18.7 Å². The van der Waals surface area contributed by atoms with Crippen molar-refractivity contribution >= 4 is 8.25 Å². The van der Waals surface area contributed by atoms with Gasteiger partial charge in [0.25, 0.3) is 0 Å². The van der Waals surface area contributed by atoms with Crippen molar-refractivity contribution in [3.05, 3.63) is 0 Å². The molecule has 0 spiro atoms. The van der Waals surface area contributed by atoms with E-state index in [1.54, 1.807) is 0 Å². The molecule has 0 atom stereocenters. The van der Waals surface area contributed by atoms with Crippen molar-refractivity contribution in [1.29, 1.82) is 0 Å². The molecule has 0 aromatic rings. The average molecular weight is 226 g/mol. The van der Waals surface area contributed by atoms with Gasteiger partial charge in [0.15, 0.2) is 0 Å². The summed E-state index contributed by atoms with van der Waals surface area (Å²) in [7, 11) is -2.08. The van der Waals surface area contributed by atoms with E-state index in [4.69, 9.17) is 25.6 Å². The third kappa shape index (κ3) is 8.62. The van der Waals surface area contributed by atoms with E-state index in [0.717, 1.165) is 12.8 Å². The Labute approximate surface area is 84.5 Å². The second-order valence-electron chi connectivity index (χ2n) is 2.78. The molecule has 0 saturated carbocycles. The highest BCUT2D eigenvalue weighted by molar-refractivity contribution is 7.33. The minimum absolute atomic E-state index is 0.260. The first-order valence-electron chi connectivity index (χ1n) is 4.58. The van der Waals surface area contributed by atoms with Crippen LogP contribution in [0.1, 0.15) is 12.8 Å². The first-order chi connectivity index (χ1) is 6.70. The topological polar surface area (TPSA) is 108 Å². The molecule has 86 valence electrons. The second kappa shape index (κ2) is 9.58. The molecule has 1 aliphatic heterocycles. The Balaban J connectivity index is 0.000000255. The summed E-state index contributed by atoms with van der Waals surface area (Å²) in [5.74, 6) is 0. The average Bonchev–Trinajstić information content (AvgIpc) is 2.45. The first-order valence-corrected chi connectivity index (χ1v) is 5.81. The fourth-order valence-electron chi connectivity index (χ4n) is 0.653. The lowest BCUT2D eigenvalue weighted by molar-refractivity contribution is 0.191. The Morgan fingerprint density at radius 2 is 1.64 bits per heavy atom. The van der Waals surface area contributed by atoms with Crippen LogP contribution in [0, 0.1) is 0 Å². The largest absolute Gasteiger partial charge is 0.390 e. The fourth-order valence-corrected chi connectivity index (χ4v) is 1.36. The SMILES string of the molecule is NCC(O)CN.O=[PH]1OCCCCO1. The van der Waals surface area contributed by atoms with E-state index in [9.17, 15) is 4.57 Å². The highest BCUT2D eigenvalue weighted by Gasteiger charge is 2.03. The zero-order chi connectivity index (χ0) is 10.8. The second-order valence-corrected chi connectivity index (χ2v) is 3.86. The van der Waals surface area contributed by atoms with Crippen LogP contribution in [0.2, 0.25) is 0 Å². The number of aliphatic hydroxyl groups is 1. The van der Waals surface area contributed by atoms with Gasteiger partial charge in [0.2, 0.25) is 0 Å². The molecule has 0 aromatic heterocycles. The van der Waals surface area contributed by atoms with Crippen LogP contribution < -0.4 is 11.5 Å². The van der Waals surface area contributed by atoms with Crippen LogP contribution in [0.3, 0.4) is 0 Å². The fraction of sp³-hybridized carbons (Fsp3) is 1.00. The van der Waals surface area contributed by atoms with Crippen molar-refractivity contribution in [3.8, 4) is 0 Å². The molecule has 1 fully saturated rings. The molecule has 1 saturated heterocycles. The number of hydrogen-bond donors (Lipinski definition) is 3. The first kappa shape index (κ1) is 14.0. The molecular weight excluding hydrogens is 207 g/mol. The smallest absolute Gasteiger partial charge is 0.319 e. The molecule has 1 rings (SSSR count). The van der Waals surface area contributed by atoms with Crippen LogP contribution in [0.4, 0.5) is 0 Å². The zero-order valence-corrected chi connectivity index (χ0v) is 9.15. The third-order valence-corrected chi connectivity index (χ3v) is 2.40. The van der Waals surface area contributed by atoms with Crippen molar-refractivity contribution in [2.45, 2.75) is 18.9 Å². The van der Waals surface area contributed by atoms with Gasteiger partial charge in [-0.15, -0.1) is 0 Å². The molecule has 0 bridgehead atoms. The van der Waals surface area contributed by atoms with Gasteiger partial charge in [0, 0.05) is 13.1 Å². The molecule has 0 unspecified atom stereocenters. The van der Waals surface area contributed by atoms with Crippen LogP contribution in [0.5, 0.6) is 0 Å². The highest BCUT2D eigenvalue weighted by Crippen LogP contribution is 2.26. The van der Waals surface area contributed by atoms with E-state index >= 15 is 0 Å². The maximum atomic E-state index is 10.4. The summed E-state index contributed by atoms with van der Waals surface area (Å²) in [6, 6.07) is 0. The van der Waals surface area contributed by atoms with Gasteiger partial charge in [-0.3, -0.25) is 4.57 Å². The minimum atomic E-state index is -2.08. The summed E-state index contributed by atoms with van der Waals surface area (Å²) in [6.45, 7) is 1.71. The van der Waals surface area contributed by atoms with Crippen molar-refractivity contribution in [1.82, 2.24) is 0 Å². The summed E-state index contributed by atoms with van der Waals surface area (Å²) in [6.07, 6.45) is 1.43. The summed E-state index contributed by atoms with van der Waals surface area (Å²) in [4.78, 5) is 0. The van der Waals surface area contributed by atoms with E-state index in [1.165, 1.54) is 0 Å². The van der Waals surface area contributed by atoms with Crippen molar-refractivity contribution in [2.75, 3.05) is 26.3 Å². The lowest BCUT2D eigenvalue weighted by Gasteiger charge is -1.98. The van der Waals surface area contributed by atoms with E-state index in [0.29, 0.717) is 13.2 Å². The Morgan fingerprint density at radius 3 is 1.93 bits per heavy atom. The van der Waals surface area contributed by atoms with E-state index in [2.05, 4.69) is 0 Å². The van der Waals surface area contributed by atoms with Gasteiger partial charge in [-0.25, -0.2) is 0 Å².